The van der Waals surface area contributed by atoms with Crippen LogP contribution in [0.4, 0.5) is 13.2 Å². The molecule has 1 aromatic heterocycles. The molecule has 1 aromatic carbocycles. The van der Waals surface area contributed by atoms with E-state index in [9.17, 15) is 18.0 Å². The van der Waals surface area contributed by atoms with Crippen LogP contribution in [-0.2, 0) is 6.18 Å². The van der Waals surface area contributed by atoms with Crippen molar-refractivity contribution in [2.45, 2.75) is 13.1 Å². The van der Waals surface area contributed by atoms with E-state index in [1.807, 2.05) is 6.92 Å². The first-order chi connectivity index (χ1) is 9.79. The quantitative estimate of drug-likeness (QED) is 0.471. The Hall–Kier alpha value is -2.08. The molecule has 0 atom stereocenters. The van der Waals surface area contributed by atoms with Crippen LogP contribution in [0.1, 0.15) is 21.5 Å². The zero-order valence-corrected chi connectivity index (χ0v) is 11.5. The number of rotatable bonds is 2. The average molecular weight is 316 g/mol. The van der Waals surface area contributed by atoms with Crippen molar-refractivity contribution in [3.05, 3.63) is 58.4 Å². The maximum absolute atomic E-state index is 12.9. The number of carbonyl (C=O) groups excluding carboxylic acids is 1. The molecule has 0 saturated carbocycles. The van der Waals surface area contributed by atoms with E-state index >= 15 is 0 Å². The fourth-order valence-electron chi connectivity index (χ4n) is 1.63. The van der Waals surface area contributed by atoms with Crippen LogP contribution < -0.4 is 4.74 Å². The van der Waals surface area contributed by atoms with Crippen LogP contribution in [-0.4, -0.2) is 11.0 Å². The number of benzene rings is 1. The Kier molecular flexibility index (Phi) is 4.18. The summed E-state index contributed by atoms with van der Waals surface area (Å²) in [7, 11) is 0. The third kappa shape index (κ3) is 3.52. The maximum atomic E-state index is 12.9. The molecule has 0 aliphatic rings. The summed E-state index contributed by atoms with van der Waals surface area (Å²) >= 11 is 5.61. The Bertz CT molecular complexity index is 669. The number of pyridine rings is 1. The second kappa shape index (κ2) is 5.73. The van der Waals surface area contributed by atoms with Crippen molar-refractivity contribution in [3.8, 4) is 5.75 Å². The van der Waals surface area contributed by atoms with Crippen molar-refractivity contribution in [3.63, 3.8) is 0 Å². The van der Waals surface area contributed by atoms with Gasteiger partial charge in [0.25, 0.3) is 0 Å². The molecule has 0 aliphatic carbocycles. The van der Waals surface area contributed by atoms with E-state index in [0.29, 0.717) is 6.07 Å². The summed E-state index contributed by atoms with van der Waals surface area (Å²) in [6, 6.07) is 6.96. The molecular formula is C14H9ClF3NO2. The molecule has 0 N–H and O–H groups in total. The topological polar surface area (TPSA) is 39.2 Å². The normalized spacial score (nSPS) is 11.3. The highest BCUT2D eigenvalue weighted by Crippen LogP contribution is 2.34. The van der Waals surface area contributed by atoms with Crippen molar-refractivity contribution >= 4 is 17.6 Å². The molecule has 0 amide bonds. The molecule has 0 unspecified atom stereocenters. The minimum absolute atomic E-state index is 0.124. The molecule has 21 heavy (non-hydrogen) atoms. The molecule has 0 saturated heterocycles. The highest BCUT2D eigenvalue weighted by molar-refractivity contribution is 6.32. The Balaban J connectivity index is 2.37. The summed E-state index contributed by atoms with van der Waals surface area (Å²) in [5.74, 6) is -1.08. The predicted octanol–water partition coefficient (Wildman–Crippen LogP) is 4.28. The SMILES string of the molecule is Cc1ccc(OC(=O)c2c(C(F)(F)F)ccnc2Cl)cc1. The van der Waals surface area contributed by atoms with Crippen LogP contribution >= 0.6 is 11.6 Å². The number of aryl methyl sites for hydroxylation is 1. The lowest BCUT2D eigenvalue weighted by atomic mass is 10.1. The highest BCUT2D eigenvalue weighted by atomic mass is 35.5. The van der Waals surface area contributed by atoms with Gasteiger partial charge < -0.3 is 4.74 Å². The zero-order valence-electron chi connectivity index (χ0n) is 10.7. The van der Waals surface area contributed by atoms with Gasteiger partial charge in [-0.05, 0) is 25.1 Å². The molecule has 0 spiro atoms. The second-order valence-electron chi connectivity index (χ2n) is 4.22. The number of hydrogen-bond acceptors (Lipinski definition) is 3. The predicted molar refractivity (Wildman–Crippen MR) is 70.4 cm³/mol. The minimum atomic E-state index is -4.73. The fourth-order valence-corrected chi connectivity index (χ4v) is 1.87. The summed E-state index contributed by atoms with van der Waals surface area (Å²) in [6.07, 6.45) is -3.85. The Morgan fingerprint density at radius 2 is 1.81 bits per heavy atom. The monoisotopic (exact) mass is 315 g/mol. The average Bonchev–Trinajstić information content (AvgIpc) is 2.40. The van der Waals surface area contributed by atoms with Gasteiger partial charge in [-0.2, -0.15) is 13.2 Å². The van der Waals surface area contributed by atoms with Crippen molar-refractivity contribution in [2.75, 3.05) is 0 Å². The van der Waals surface area contributed by atoms with Crippen LogP contribution in [0.2, 0.25) is 5.15 Å². The molecular weight excluding hydrogens is 307 g/mol. The number of aromatic nitrogens is 1. The molecule has 0 radical (unpaired) electrons. The van der Waals surface area contributed by atoms with E-state index in [-0.39, 0.29) is 5.75 Å². The Morgan fingerprint density at radius 1 is 1.19 bits per heavy atom. The number of halogens is 4. The number of ether oxygens (including phenoxy) is 1. The minimum Gasteiger partial charge on any atom is -0.423 e. The number of hydrogen-bond donors (Lipinski definition) is 0. The van der Waals surface area contributed by atoms with Crippen LogP contribution in [0.5, 0.6) is 5.75 Å². The van der Waals surface area contributed by atoms with Crippen LogP contribution in [0.3, 0.4) is 0 Å². The van der Waals surface area contributed by atoms with Crippen molar-refractivity contribution in [2.24, 2.45) is 0 Å². The molecule has 1 heterocycles. The summed E-state index contributed by atoms with van der Waals surface area (Å²) in [5.41, 5.74) is -1.06. The van der Waals surface area contributed by atoms with Crippen LogP contribution in [0.15, 0.2) is 36.5 Å². The van der Waals surface area contributed by atoms with E-state index in [2.05, 4.69) is 4.98 Å². The molecule has 0 fully saturated rings. The smallest absolute Gasteiger partial charge is 0.417 e. The van der Waals surface area contributed by atoms with E-state index in [1.54, 1.807) is 12.1 Å². The van der Waals surface area contributed by atoms with Gasteiger partial charge in [0.05, 0.1) is 5.56 Å². The van der Waals surface area contributed by atoms with Gasteiger partial charge in [-0.1, -0.05) is 29.3 Å². The third-order valence-electron chi connectivity index (χ3n) is 2.65. The standard InChI is InChI=1S/C14H9ClF3NO2/c1-8-2-4-9(5-3-8)21-13(20)11-10(14(16,17)18)6-7-19-12(11)15/h2-7H,1H3. The third-order valence-corrected chi connectivity index (χ3v) is 2.93. The first-order valence-electron chi connectivity index (χ1n) is 5.79. The number of esters is 1. The maximum Gasteiger partial charge on any atom is 0.417 e. The second-order valence-corrected chi connectivity index (χ2v) is 4.58. The Labute approximate surface area is 123 Å². The van der Waals surface area contributed by atoms with Crippen LogP contribution in [0, 0.1) is 6.92 Å². The summed E-state index contributed by atoms with van der Waals surface area (Å²) in [6.45, 7) is 1.82. The highest BCUT2D eigenvalue weighted by Gasteiger charge is 2.37. The summed E-state index contributed by atoms with van der Waals surface area (Å²) in [4.78, 5) is 15.4. The van der Waals surface area contributed by atoms with Crippen molar-refractivity contribution in [1.29, 1.82) is 0 Å². The van der Waals surface area contributed by atoms with Gasteiger partial charge in [0.15, 0.2) is 0 Å². The largest absolute Gasteiger partial charge is 0.423 e. The zero-order chi connectivity index (χ0) is 15.6. The number of carbonyl (C=O) groups is 1. The Morgan fingerprint density at radius 3 is 2.38 bits per heavy atom. The lowest BCUT2D eigenvalue weighted by Crippen LogP contribution is -2.18. The van der Waals surface area contributed by atoms with Gasteiger partial charge >= 0.3 is 12.1 Å². The van der Waals surface area contributed by atoms with Crippen molar-refractivity contribution < 1.29 is 22.7 Å². The molecule has 0 bridgehead atoms. The lowest BCUT2D eigenvalue weighted by Gasteiger charge is -2.12. The van der Waals surface area contributed by atoms with E-state index in [0.717, 1.165) is 11.8 Å². The number of nitrogens with zero attached hydrogens (tertiary/aromatic N) is 1. The first kappa shape index (κ1) is 15.3. The van der Waals surface area contributed by atoms with Gasteiger partial charge in [0, 0.05) is 6.20 Å². The summed E-state index contributed by atoms with van der Waals surface area (Å²) in [5, 5.41) is -0.554. The van der Waals surface area contributed by atoms with E-state index in [4.69, 9.17) is 16.3 Å². The van der Waals surface area contributed by atoms with Gasteiger partial charge in [-0.15, -0.1) is 0 Å². The molecule has 2 rings (SSSR count). The van der Waals surface area contributed by atoms with Crippen molar-refractivity contribution in [1.82, 2.24) is 4.98 Å². The van der Waals surface area contributed by atoms with Gasteiger partial charge in [0.1, 0.15) is 16.5 Å². The molecule has 2 aromatic rings. The van der Waals surface area contributed by atoms with Gasteiger partial charge in [0.2, 0.25) is 0 Å². The molecule has 110 valence electrons. The lowest BCUT2D eigenvalue weighted by molar-refractivity contribution is -0.138. The van der Waals surface area contributed by atoms with E-state index in [1.165, 1.54) is 12.1 Å². The molecule has 7 heteroatoms. The first-order valence-corrected chi connectivity index (χ1v) is 6.17. The van der Waals surface area contributed by atoms with Gasteiger partial charge in [-0.3, -0.25) is 0 Å². The fraction of sp³-hybridized carbons (Fsp3) is 0.143. The number of alkyl halides is 3. The van der Waals surface area contributed by atoms with E-state index < -0.39 is 28.4 Å². The van der Waals surface area contributed by atoms with Gasteiger partial charge in [-0.25, -0.2) is 9.78 Å². The summed E-state index contributed by atoms with van der Waals surface area (Å²) < 4.78 is 43.6. The molecule has 0 aliphatic heterocycles. The van der Waals surface area contributed by atoms with Crippen LogP contribution in [0.25, 0.3) is 0 Å². The molecule has 3 nitrogen and oxygen atoms in total.